The summed E-state index contributed by atoms with van der Waals surface area (Å²) in [6.45, 7) is 1.93. The third-order valence-electron chi connectivity index (χ3n) is 1.65. The van der Waals surface area contributed by atoms with Crippen molar-refractivity contribution in [3.8, 4) is 5.75 Å². The Hall–Kier alpha value is -0.775. The Kier molecular flexibility index (Phi) is 3.74. The first-order chi connectivity index (χ1) is 6.57. The highest BCUT2D eigenvalue weighted by Crippen LogP contribution is 2.26. The molecule has 0 spiro atoms. The fourth-order valence-corrected chi connectivity index (χ4v) is 1.22. The zero-order valence-corrected chi connectivity index (χ0v) is 8.25. The van der Waals surface area contributed by atoms with Crippen LogP contribution < -0.4 is 10.2 Å². The van der Waals surface area contributed by atoms with E-state index in [-0.39, 0.29) is 22.8 Å². The maximum atomic E-state index is 13.4. The quantitative estimate of drug-likeness (QED) is 0.729. The molecule has 0 atom stereocenters. The Morgan fingerprint density at radius 3 is 2.64 bits per heavy atom. The Morgan fingerprint density at radius 1 is 1.50 bits per heavy atom. The van der Waals surface area contributed by atoms with Gasteiger partial charge in [0.25, 0.3) is 0 Å². The van der Waals surface area contributed by atoms with Crippen LogP contribution in [0.1, 0.15) is 6.92 Å². The molecule has 0 unspecified atom stereocenters. The molecule has 0 fully saturated rings. The van der Waals surface area contributed by atoms with Crippen LogP contribution in [0.4, 0.5) is 4.39 Å². The SMILES string of the molecule is CCOc1c(Cl)ccc(B(O)O)c1F. The lowest BCUT2D eigenvalue weighted by molar-refractivity contribution is 0.322. The second-order valence-corrected chi connectivity index (χ2v) is 2.99. The molecule has 0 aliphatic heterocycles. The van der Waals surface area contributed by atoms with E-state index in [0.717, 1.165) is 0 Å². The number of benzene rings is 1. The van der Waals surface area contributed by atoms with Crippen LogP contribution in [0.2, 0.25) is 5.02 Å². The lowest BCUT2D eigenvalue weighted by Gasteiger charge is -2.09. The third kappa shape index (κ3) is 2.18. The van der Waals surface area contributed by atoms with Gasteiger partial charge >= 0.3 is 7.12 Å². The van der Waals surface area contributed by atoms with Gasteiger partial charge in [0, 0.05) is 5.46 Å². The molecule has 0 aliphatic rings. The molecule has 76 valence electrons. The molecule has 3 nitrogen and oxygen atoms in total. The summed E-state index contributed by atoms with van der Waals surface area (Å²) in [6.07, 6.45) is 0. The van der Waals surface area contributed by atoms with Gasteiger partial charge in [0.15, 0.2) is 11.6 Å². The fraction of sp³-hybridized carbons (Fsp3) is 0.250. The lowest BCUT2D eigenvalue weighted by Crippen LogP contribution is -2.33. The summed E-state index contributed by atoms with van der Waals surface area (Å²) in [6, 6.07) is 2.55. The number of ether oxygens (including phenoxy) is 1. The second-order valence-electron chi connectivity index (χ2n) is 2.59. The Bertz CT molecular complexity index is 333. The van der Waals surface area contributed by atoms with E-state index in [1.54, 1.807) is 6.92 Å². The first kappa shape index (κ1) is 11.3. The van der Waals surface area contributed by atoms with Crippen LogP contribution >= 0.6 is 11.6 Å². The average molecular weight is 218 g/mol. The van der Waals surface area contributed by atoms with E-state index in [2.05, 4.69) is 0 Å². The first-order valence-corrected chi connectivity index (χ1v) is 4.42. The van der Waals surface area contributed by atoms with Gasteiger partial charge in [-0.2, -0.15) is 0 Å². The molecule has 2 N–H and O–H groups in total. The smallest absolute Gasteiger partial charge is 0.489 e. The van der Waals surface area contributed by atoms with Gasteiger partial charge in [0.05, 0.1) is 11.6 Å². The topological polar surface area (TPSA) is 49.7 Å². The highest BCUT2D eigenvalue weighted by Gasteiger charge is 2.21. The maximum absolute atomic E-state index is 13.4. The highest BCUT2D eigenvalue weighted by atomic mass is 35.5. The van der Waals surface area contributed by atoms with E-state index in [1.165, 1.54) is 12.1 Å². The van der Waals surface area contributed by atoms with Crippen LogP contribution in [0.15, 0.2) is 12.1 Å². The van der Waals surface area contributed by atoms with Crippen LogP contribution in [0, 0.1) is 5.82 Å². The molecule has 0 saturated heterocycles. The van der Waals surface area contributed by atoms with E-state index in [9.17, 15) is 4.39 Å². The Morgan fingerprint density at radius 2 is 2.14 bits per heavy atom. The molecular weight excluding hydrogens is 209 g/mol. The van der Waals surface area contributed by atoms with Crippen molar-refractivity contribution in [3.05, 3.63) is 23.0 Å². The van der Waals surface area contributed by atoms with Gasteiger partial charge in [-0.05, 0) is 13.0 Å². The van der Waals surface area contributed by atoms with E-state index in [1.807, 2.05) is 0 Å². The molecule has 0 saturated carbocycles. The molecule has 0 aromatic heterocycles. The minimum Gasteiger partial charge on any atom is -0.489 e. The van der Waals surface area contributed by atoms with E-state index in [0.29, 0.717) is 0 Å². The molecule has 0 bridgehead atoms. The second kappa shape index (κ2) is 4.64. The summed E-state index contributed by atoms with van der Waals surface area (Å²) in [5.74, 6) is -0.992. The number of hydrogen-bond acceptors (Lipinski definition) is 3. The van der Waals surface area contributed by atoms with E-state index < -0.39 is 12.9 Å². The lowest BCUT2D eigenvalue weighted by atomic mass is 9.80. The van der Waals surface area contributed by atoms with Crippen molar-refractivity contribution in [2.24, 2.45) is 0 Å². The zero-order valence-electron chi connectivity index (χ0n) is 7.50. The molecule has 0 radical (unpaired) electrons. The van der Waals surface area contributed by atoms with Gasteiger partial charge in [-0.15, -0.1) is 0 Å². The largest absolute Gasteiger partial charge is 0.491 e. The maximum Gasteiger partial charge on any atom is 0.491 e. The minimum absolute atomic E-state index is 0.105. The van der Waals surface area contributed by atoms with Crippen molar-refractivity contribution in [2.45, 2.75) is 6.92 Å². The number of rotatable bonds is 3. The summed E-state index contributed by atoms with van der Waals surface area (Å²) >= 11 is 5.66. The minimum atomic E-state index is -1.87. The predicted octanol–water partition coefficient (Wildman–Crippen LogP) is 0.558. The van der Waals surface area contributed by atoms with Crippen LogP contribution in [-0.2, 0) is 0 Å². The Balaban J connectivity index is 3.19. The fourth-order valence-electron chi connectivity index (χ4n) is 1.02. The summed E-state index contributed by atoms with van der Waals surface area (Å²) in [4.78, 5) is 0. The van der Waals surface area contributed by atoms with Gasteiger partial charge in [0.2, 0.25) is 0 Å². The molecule has 1 aromatic carbocycles. The third-order valence-corrected chi connectivity index (χ3v) is 1.94. The van der Waals surface area contributed by atoms with Gasteiger partial charge in [0.1, 0.15) is 0 Å². The summed E-state index contributed by atoms with van der Waals surface area (Å²) in [7, 11) is -1.87. The monoisotopic (exact) mass is 218 g/mol. The standard InChI is InChI=1S/C8H9BClFO3/c1-2-14-8-6(10)4-3-5(7(8)11)9(12)13/h3-4,12-13H,2H2,1H3. The molecular formula is C8H9BClFO3. The van der Waals surface area contributed by atoms with E-state index in [4.69, 9.17) is 26.4 Å². The zero-order chi connectivity index (χ0) is 10.7. The summed E-state index contributed by atoms with van der Waals surface area (Å²) in [5.41, 5.74) is -0.252. The Labute approximate surface area is 86.2 Å². The molecule has 0 aliphatic carbocycles. The van der Waals surface area contributed by atoms with Crippen LogP contribution in [0.5, 0.6) is 5.75 Å². The van der Waals surface area contributed by atoms with Gasteiger partial charge < -0.3 is 14.8 Å². The summed E-state index contributed by atoms with van der Waals surface area (Å²) < 4.78 is 18.4. The van der Waals surface area contributed by atoms with Crippen molar-refractivity contribution in [1.82, 2.24) is 0 Å². The number of halogens is 2. The highest BCUT2D eigenvalue weighted by molar-refractivity contribution is 6.58. The predicted molar refractivity (Wildman–Crippen MR) is 52.4 cm³/mol. The number of hydrogen-bond donors (Lipinski definition) is 2. The average Bonchev–Trinajstić information content (AvgIpc) is 2.11. The molecule has 0 amide bonds. The molecule has 14 heavy (non-hydrogen) atoms. The molecule has 1 aromatic rings. The van der Waals surface area contributed by atoms with Crippen molar-refractivity contribution >= 4 is 24.2 Å². The van der Waals surface area contributed by atoms with Crippen molar-refractivity contribution in [2.75, 3.05) is 6.61 Å². The van der Waals surface area contributed by atoms with Crippen LogP contribution in [0.3, 0.4) is 0 Å². The normalized spacial score (nSPS) is 10.1. The van der Waals surface area contributed by atoms with Crippen LogP contribution in [0.25, 0.3) is 0 Å². The molecule has 0 heterocycles. The van der Waals surface area contributed by atoms with E-state index >= 15 is 0 Å². The first-order valence-electron chi connectivity index (χ1n) is 4.04. The van der Waals surface area contributed by atoms with Gasteiger partial charge in [-0.1, -0.05) is 17.7 Å². The van der Waals surface area contributed by atoms with Gasteiger partial charge in [-0.25, -0.2) is 4.39 Å². The molecule has 1 rings (SSSR count). The van der Waals surface area contributed by atoms with Crippen LogP contribution in [-0.4, -0.2) is 23.8 Å². The van der Waals surface area contributed by atoms with Crippen molar-refractivity contribution < 1.29 is 19.2 Å². The summed E-state index contributed by atoms with van der Waals surface area (Å²) in [5, 5.41) is 17.7. The molecule has 6 heteroatoms. The van der Waals surface area contributed by atoms with Gasteiger partial charge in [-0.3, -0.25) is 0 Å². The van der Waals surface area contributed by atoms with Crippen molar-refractivity contribution in [1.29, 1.82) is 0 Å². The van der Waals surface area contributed by atoms with Crippen molar-refractivity contribution in [3.63, 3.8) is 0 Å².